The predicted molar refractivity (Wildman–Crippen MR) is 173 cm³/mol. The Balaban J connectivity index is 3.54. The zero-order valence-electron chi connectivity index (χ0n) is 28.2. The van der Waals surface area contributed by atoms with E-state index in [1.165, 1.54) is 0 Å². The molecule has 40 heavy (non-hydrogen) atoms. The van der Waals surface area contributed by atoms with E-state index in [2.05, 4.69) is 98.8 Å². The second kappa shape index (κ2) is 14.4. The molecule has 0 spiro atoms. The van der Waals surface area contributed by atoms with Crippen LogP contribution in [0.3, 0.4) is 0 Å². The van der Waals surface area contributed by atoms with Crippen molar-refractivity contribution in [2.75, 3.05) is 13.2 Å². The molecule has 0 amide bonds. The fourth-order valence-electron chi connectivity index (χ4n) is 3.87. The summed E-state index contributed by atoms with van der Waals surface area (Å²) >= 11 is 0. The molecule has 7 heteroatoms. The van der Waals surface area contributed by atoms with Crippen LogP contribution in [0.4, 0.5) is 0 Å². The van der Waals surface area contributed by atoms with Gasteiger partial charge in [-0.15, -0.1) is 0 Å². The van der Waals surface area contributed by atoms with Gasteiger partial charge in [-0.1, -0.05) is 85.7 Å². The average molecular weight is 593 g/mol. The molecule has 230 valence electrons. The van der Waals surface area contributed by atoms with Gasteiger partial charge in [0.05, 0.1) is 31.5 Å². The van der Waals surface area contributed by atoms with Crippen LogP contribution in [0, 0.1) is 17.9 Å². The molecule has 1 unspecified atom stereocenters. The molecule has 5 nitrogen and oxygen atoms in total. The summed E-state index contributed by atoms with van der Waals surface area (Å²) in [5, 5.41) is 11.7. The standard InChI is InChI=1S/C33H60O5Si2/c1-15-35-24-23-33(34,27(2)3)22-21-32(10,38-40(13,14)31(7,8)9)29(37-39(11,12)30(4,5)6)26-36-25-28-19-17-16-18-20-28/h16-20,27,29,34H,15,21-22,25-26H2,1-14H3/t29-,32+,33?/m0/s1. The third-order valence-electron chi connectivity index (χ3n) is 9.04. The van der Waals surface area contributed by atoms with Gasteiger partial charge in [-0.25, -0.2) is 0 Å². The molecule has 0 radical (unpaired) electrons. The van der Waals surface area contributed by atoms with Crippen molar-refractivity contribution in [2.24, 2.45) is 5.92 Å². The van der Waals surface area contributed by atoms with Crippen LogP contribution in [-0.2, 0) is 24.9 Å². The Morgan fingerprint density at radius 1 is 0.850 bits per heavy atom. The van der Waals surface area contributed by atoms with E-state index in [1.54, 1.807) is 0 Å². The quantitative estimate of drug-likeness (QED) is 0.173. The molecule has 0 heterocycles. The summed E-state index contributed by atoms with van der Waals surface area (Å²) in [4.78, 5) is 0. The van der Waals surface area contributed by atoms with Gasteiger partial charge in [0.25, 0.3) is 0 Å². The van der Waals surface area contributed by atoms with Crippen molar-refractivity contribution in [2.45, 2.75) is 142 Å². The SMILES string of the molecule is CCOC#CC(O)(CC[C@@](C)(O[Si](C)(C)C(C)(C)C)[C@H](COCc1ccccc1)O[Si](C)(C)C(C)(C)C)C(C)C. The van der Waals surface area contributed by atoms with Gasteiger partial charge in [0.1, 0.15) is 11.7 Å². The van der Waals surface area contributed by atoms with Gasteiger partial charge in [-0.05, 0) is 80.4 Å². The Morgan fingerprint density at radius 3 is 1.88 bits per heavy atom. The van der Waals surface area contributed by atoms with Gasteiger partial charge in [0, 0.05) is 0 Å². The highest BCUT2D eigenvalue weighted by Crippen LogP contribution is 2.45. The van der Waals surface area contributed by atoms with E-state index in [0.29, 0.717) is 32.7 Å². The maximum absolute atomic E-state index is 11.6. The van der Waals surface area contributed by atoms with Gasteiger partial charge in [-0.3, -0.25) is 0 Å². The number of benzene rings is 1. The van der Waals surface area contributed by atoms with Crippen molar-refractivity contribution in [3.63, 3.8) is 0 Å². The summed E-state index contributed by atoms with van der Waals surface area (Å²) in [5.41, 5.74) is -0.786. The van der Waals surface area contributed by atoms with Gasteiger partial charge < -0.3 is 23.4 Å². The normalized spacial score (nSPS) is 17.0. The van der Waals surface area contributed by atoms with Gasteiger partial charge in [-0.2, -0.15) is 0 Å². The first-order valence-electron chi connectivity index (χ1n) is 15.0. The number of rotatable bonds is 14. The Labute approximate surface area is 249 Å². The minimum atomic E-state index is -2.24. The number of hydrogen-bond acceptors (Lipinski definition) is 5. The van der Waals surface area contributed by atoms with Crippen LogP contribution in [0.5, 0.6) is 0 Å². The fourth-order valence-corrected chi connectivity index (χ4v) is 6.96. The third-order valence-corrected chi connectivity index (χ3v) is 18.1. The van der Waals surface area contributed by atoms with E-state index in [-0.39, 0.29) is 22.1 Å². The van der Waals surface area contributed by atoms with E-state index in [0.717, 1.165) is 5.56 Å². The molecule has 0 aromatic heterocycles. The van der Waals surface area contributed by atoms with Crippen LogP contribution in [0.2, 0.25) is 36.3 Å². The van der Waals surface area contributed by atoms with E-state index in [4.69, 9.17) is 18.3 Å². The topological polar surface area (TPSA) is 57.2 Å². The molecule has 0 aliphatic rings. The van der Waals surface area contributed by atoms with Gasteiger partial charge >= 0.3 is 0 Å². The highest BCUT2D eigenvalue weighted by atomic mass is 28.4. The molecule has 0 fully saturated rings. The van der Waals surface area contributed by atoms with Crippen LogP contribution in [0.25, 0.3) is 0 Å². The molecule has 0 saturated carbocycles. The van der Waals surface area contributed by atoms with Gasteiger partial charge in [0.15, 0.2) is 16.6 Å². The number of hydrogen-bond donors (Lipinski definition) is 1. The van der Waals surface area contributed by atoms with Crippen molar-refractivity contribution < 1.29 is 23.4 Å². The summed E-state index contributed by atoms with van der Waals surface area (Å²) in [6.07, 6.45) is 3.42. The summed E-state index contributed by atoms with van der Waals surface area (Å²) in [7, 11) is -4.45. The second-order valence-electron chi connectivity index (χ2n) is 14.8. The zero-order chi connectivity index (χ0) is 31.0. The zero-order valence-corrected chi connectivity index (χ0v) is 30.2. The first kappa shape index (κ1) is 36.9. The third kappa shape index (κ3) is 10.6. The molecule has 1 aromatic rings. The fraction of sp³-hybridized carbons (Fsp3) is 0.758. The summed E-state index contributed by atoms with van der Waals surface area (Å²) < 4.78 is 26.1. The Bertz CT molecular complexity index is 953. The summed E-state index contributed by atoms with van der Waals surface area (Å²) in [6, 6.07) is 10.2. The minimum Gasteiger partial charge on any atom is -0.447 e. The molecule has 1 aromatic carbocycles. The smallest absolute Gasteiger partial charge is 0.192 e. The van der Waals surface area contributed by atoms with E-state index in [9.17, 15) is 5.11 Å². The lowest BCUT2D eigenvalue weighted by molar-refractivity contribution is -0.0968. The van der Waals surface area contributed by atoms with Crippen LogP contribution in [0.15, 0.2) is 30.3 Å². The van der Waals surface area contributed by atoms with Crippen LogP contribution in [0.1, 0.15) is 87.6 Å². The maximum Gasteiger partial charge on any atom is 0.192 e. The van der Waals surface area contributed by atoms with Crippen LogP contribution in [-0.4, -0.2) is 52.3 Å². The first-order valence-corrected chi connectivity index (χ1v) is 20.8. The molecule has 3 atom stereocenters. The monoisotopic (exact) mass is 592 g/mol. The molecule has 0 bridgehead atoms. The van der Waals surface area contributed by atoms with Crippen LogP contribution < -0.4 is 0 Å². The minimum absolute atomic E-state index is 0.00377. The van der Waals surface area contributed by atoms with Crippen molar-refractivity contribution in [3.8, 4) is 12.0 Å². The summed E-state index contributed by atoms with van der Waals surface area (Å²) in [6.45, 7) is 32.1. The van der Waals surface area contributed by atoms with E-state index < -0.39 is 27.8 Å². The van der Waals surface area contributed by atoms with Crippen LogP contribution >= 0.6 is 0 Å². The molecule has 1 N–H and O–H groups in total. The Kier molecular flexibility index (Phi) is 13.2. The van der Waals surface area contributed by atoms with E-state index >= 15 is 0 Å². The highest BCUT2D eigenvalue weighted by Gasteiger charge is 2.50. The number of aliphatic hydroxyl groups is 1. The molecule has 0 aliphatic heterocycles. The maximum atomic E-state index is 11.6. The Hall–Kier alpha value is -1.15. The molecular formula is C33H60O5Si2. The number of ether oxygens (including phenoxy) is 2. The van der Waals surface area contributed by atoms with Gasteiger partial charge in [0.2, 0.25) is 0 Å². The van der Waals surface area contributed by atoms with Crippen molar-refractivity contribution >= 4 is 16.6 Å². The highest BCUT2D eigenvalue weighted by molar-refractivity contribution is 6.74. The summed E-state index contributed by atoms with van der Waals surface area (Å²) in [5.74, 6) is 2.94. The van der Waals surface area contributed by atoms with E-state index in [1.807, 2.05) is 39.0 Å². The predicted octanol–water partition coefficient (Wildman–Crippen LogP) is 8.54. The average Bonchev–Trinajstić information content (AvgIpc) is 2.81. The first-order chi connectivity index (χ1) is 18.1. The second-order valence-corrected chi connectivity index (χ2v) is 24.3. The lowest BCUT2D eigenvalue weighted by Gasteiger charge is -2.50. The van der Waals surface area contributed by atoms with Crippen molar-refractivity contribution in [1.82, 2.24) is 0 Å². The molecule has 0 saturated heterocycles. The van der Waals surface area contributed by atoms with Crippen molar-refractivity contribution in [1.29, 1.82) is 0 Å². The molecule has 0 aliphatic carbocycles. The molecular weight excluding hydrogens is 533 g/mol. The molecule has 1 rings (SSSR count). The Morgan fingerprint density at radius 2 is 1.40 bits per heavy atom. The van der Waals surface area contributed by atoms with Crippen molar-refractivity contribution in [3.05, 3.63) is 35.9 Å². The lowest BCUT2D eigenvalue weighted by atomic mass is 9.82. The largest absolute Gasteiger partial charge is 0.447 e. The lowest BCUT2D eigenvalue weighted by Crippen LogP contribution is -2.59.